The van der Waals surface area contributed by atoms with Crippen molar-refractivity contribution in [3.8, 4) is 11.5 Å². The molecule has 0 amide bonds. The van der Waals surface area contributed by atoms with E-state index in [0.29, 0.717) is 11.7 Å². The molecule has 3 aromatic heterocycles. The fourth-order valence-electron chi connectivity index (χ4n) is 2.10. The molecule has 7 heteroatoms. The van der Waals surface area contributed by atoms with Crippen molar-refractivity contribution in [1.82, 2.24) is 20.1 Å². The minimum atomic E-state index is 0.500. The van der Waals surface area contributed by atoms with Crippen LogP contribution in [0.25, 0.3) is 11.5 Å². The van der Waals surface area contributed by atoms with Gasteiger partial charge in [0.25, 0.3) is 5.89 Å². The largest absolute Gasteiger partial charge is 0.359 e. The molecule has 3 rings (SSSR count). The van der Waals surface area contributed by atoms with Gasteiger partial charge in [-0.2, -0.15) is 4.98 Å². The van der Waals surface area contributed by atoms with E-state index in [1.54, 1.807) is 24.5 Å². The second-order valence-corrected chi connectivity index (χ2v) is 6.02. The third-order valence-corrected chi connectivity index (χ3v) is 4.43. The Labute approximate surface area is 132 Å². The molecule has 0 aliphatic heterocycles. The number of hydrogen-bond acceptors (Lipinski definition) is 7. The van der Waals surface area contributed by atoms with Crippen molar-refractivity contribution < 1.29 is 4.52 Å². The van der Waals surface area contributed by atoms with Crippen LogP contribution in [0.4, 0.5) is 5.82 Å². The van der Waals surface area contributed by atoms with Crippen molar-refractivity contribution in [2.45, 2.75) is 20.3 Å². The average molecular weight is 315 g/mol. The number of aryl methyl sites for hydroxylation is 2. The summed E-state index contributed by atoms with van der Waals surface area (Å²) in [5.41, 5.74) is 3.84. The van der Waals surface area contributed by atoms with Crippen LogP contribution in [0, 0.1) is 13.8 Å². The van der Waals surface area contributed by atoms with Gasteiger partial charge in [-0.05, 0) is 26.0 Å². The Kier molecular flexibility index (Phi) is 4.15. The summed E-state index contributed by atoms with van der Waals surface area (Å²) in [6.07, 6.45) is 2.73. The highest BCUT2D eigenvalue weighted by molar-refractivity contribution is 7.09. The van der Waals surface area contributed by atoms with Crippen LogP contribution in [0.1, 0.15) is 16.4 Å². The molecule has 3 aromatic rings. The molecule has 0 atom stereocenters. The minimum absolute atomic E-state index is 0.500. The third kappa shape index (κ3) is 3.14. The summed E-state index contributed by atoms with van der Waals surface area (Å²) in [4.78, 5) is 16.4. The van der Waals surface area contributed by atoms with E-state index in [4.69, 9.17) is 4.52 Å². The predicted molar refractivity (Wildman–Crippen MR) is 86.1 cm³/mol. The first-order chi connectivity index (χ1) is 10.6. The van der Waals surface area contributed by atoms with Gasteiger partial charge in [-0.3, -0.25) is 0 Å². The first kappa shape index (κ1) is 14.6. The van der Waals surface area contributed by atoms with Crippen molar-refractivity contribution in [3.63, 3.8) is 0 Å². The standard InChI is InChI=1S/C15H17N5OS/c1-10-13(22-9-17-10)6-7-20(3)14-5-4-12(8-16-14)15-18-11(2)19-21-15/h4-5,8-9H,6-7H2,1-3H3. The summed E-state index contributed by atoms with van der Waals surface area (Å²) in [5, 5.41) is 3.79. The van der Waals surface area contributed by atoms with Gasteiger partial charge in [0.05, 0.1) is 16.8 Å². The van der Waals surface area contributed by atoms with Crippen LogP contribution in [-0.4, -0.2) is 33.7 Å². The minimum Gasteiger partial charge on any atom is -0.359 e. The lowest BCUT2D eigenvalue weighted by molar-refractivity contribution is 0.425. The van der Waals surface area contributed by atoms with Crippen LogP contribution >= 0.6 is 11.3 Å². The lowest BCUT2D eigenvalue weighted by Crippen LogP contribution is -2.21. The van der Waals surface area contributed by atoms with E-state index in [2.05, 4.69) is 25.0 Å². The maximum Gasteiger partial charge on any atom is 0.259 e. The zero-order valence-corrected chi connectivity index (χ0v) is 13.6. The van der Waals surface area contributed by atoms with Crippen LogP contribution < -0.4 is 4.90 Å². The van der Waals surface area contributed by atoms with Crippen LogP contribution in [0.15, 0.2) is 28.4 Å². The van der Waals surface area contributed by atoms with Crippen molar-refractivity contribution in [3.05, 3.63) is 40.2 Å². The second kappa shape index (κ2) is 6.23. The van der Waals surface area contributed by atoms with Crippen molar-refractivity contribution >= 4 is 17.2 Å². The van der Waals surface area contributed by atoms with Gasteiger partial charge in [-0.1, -0.05) is 5.16 Å². The Morgan fingerprint density at radius 2 is 2.09 bits per heavy atom. The Hall–Kier alpha value is -2.28. The number of aromatic nitrogens is 4. The monoisotopic (exact) mass is 315 g/mol. The Balaban J connectivity index is 1.66. The maximum absolute atomic E-state index is 5.14. The van der Waals surface area contributed by atoms with Crippen molar-refractivity contribution in [2.24, 2.45) is 0 Å². The van der Waals surface area contributed by atoms with Gasteiger partial charge < -0.3 is 9.42 Å². The first-order valence-electron chi connectivity index (χ1n) is 7.00. The van der Waals surface area contributed by atoms with Crippen LogP contribution in [0.2, 0.25) is 0 Å². The molecule has 0 N–H and O–H groups in total. The molecular formula is C15H17N5OS. The van der Waals surface area contributed by atoms with Gasteiger partial charge in [0.15, 0.2) is 5.82 Å². The number of nitrogens with zero attached hydrogens (tertiary/aromatic N) is 5. The van der Waals surface area contributed by atoms with Gasteiger partial charge in [0.2, 0.25) is 0 Å². The molecular weight excluding hydrogens is 298 g/mol. The summed E-state index contributed by atoms with van der Waals surface area (Å²) in [6, 6.07) is 3.91. The fourth-order valence-corrected chi connectivity index (χ4v) is 2.87. The van der Waals surface area contributed by atoms with E-state index in [1.165, 1.54) is 4.88 Å². The Bertz CT molecular complexity index is 749. The zero-order valence-electron chi connectivity index (χ0n) is 12.8. The summed E-state index contributed by atoms with van der Waals surface area (Å²) in [5.74, 6) is 2.04. The molecule has 6 nitrogen and oxygen atoms in total. The molecule has 0 spiro atoms. The molecule has 0 aliphatic rings. The quantitative estimate of drug-likeness (QED) is 0.721. The highest BCUT2D eigenvalue weighted by atomic mass is 32.1. The van der Waals surface area contributed by atoms with Gasteiger partial charge in [0, 0.05) is 31.1 Å². The number of rotatable bonds is 5. The van der Waals surface area contributed by atoms with Crippen molar-refractivity contribution in [1.29, 1.82) is 0 Å². The second-order valence-electron chi connectivity index (χ2n) is 5.08. The van der Waals surface area contributed by atoms with E-state index >= 15 is 0 Å². The third-order valence-electron chi connectivity index (χ3n) is 3.43. The van der Waals surface area contributed by atoms with E-state index in [0.717, 1.165) is 30.0 Å². The normalized spacial score (nSPS) is 10.9. The Morgan fingerprint density at radius 1 is 1.23 bits per heavy atom. The summed E-state index contributed by atoms with van der Waals surface area (Å²) < 4.78 is 5.14. The first-order valence-corrected chi connectivity index (χ1v) is 7.88. The summed E-state index contributed by atoms with van der Waals surface area (Å²) in [6.45, 7) is 4.74. The topological polar surface area (TPSA) is 67.9 Å². The van der Waals surface area contributed by atoms with Crippen LogP contribution in [-0.2, 0) is 6.42 Å². The average Bonchev–Trinajstić information content (AvgIpc) is 3.13. The molecule has 0 radical (unpaired) electrons. The highest BCUT2D eigenvalue weighted by Crippen LogP contribution is 2.19. The summed E-state index contributed by atoms with van der Waals surface area (Å²) >= 11 is 1.70. The predicted octanol–water partition coefficient (Wildman–Crippen LogP) is 2.88. The van der Waals surface area contributed by atoms with Gasteiger partial charge >= 0.3 is 0 Å². The number of hydrogen-bond donors (Lipinski definition) is 0. The van der Waals surface area contributed by atoms with Crippen LogP contribution in [0.3, 0.4) is 0 Å². The van der Waals surface area contributed by atoms with Gasteiger partial charge in [0.1, 0.15) is 5.82 Å². The number of thiazole rings is 1. The highest BCUT2D eigenvalue weighted by Gasteiger charge is 2.09. The maximum atomic E-state index is 5.14. The molecule has 3 heterocycles. The molecule has 0 unspecified atom stereocenters. The molecule has 0 saturated heterocycles. The molecule has 0 fully saturated rings. The number of pyridine rings is 1. The molecule has 22 heavy (non-hydrogen) atoms. The zero-order chi connectivity index (χ0) is 15.5. The molecule has 0 aromatic carbocycles. The number of anilines is 1. The molecule has 0 aliphatic carbocycles. The van der Waals surface area contributed by atoms with Crippen LogP contribution in [0.5, 0.6) is 0 Å². The number of likely N-dealkylation sites (N-methyl/N-ethyl adjacent to an activating group) is 1. The molecule has 0 saturated carbocycles. The molecule has 0 bridgehead atoms. The van der Waals surface area contributed by atoms with Gasteiger partial charge in [-0.25, -0.2) is 9.97 Å². The van der Waals surface area contributed by atoms with Crippen molar-refractivity contribution in [2.75, 3.05) is 18.5 Å². The smallest absolute Gasteiger partial charge is 0.259 e. The Morgan fingerprint density at radius 3 is 2.68 bits per heavy atom. The van der Waals surface area contributed by atoms with E-state index in [-0.39, 0.29) is 0 Å². The molecule has 114 valence electrons. The van der Waals surface area contributed by atoms with E-state index in [1.807, 2.05) is 31.6 Å². The fraction of sp³-hybridized carbons (Fsp3) is 0.333. The summed E-state index contributed by atoms with van der Waals surface area (Å²) in [7, 11) is 2.04. The SMILES string of the molecule is Cc1noc(-c2ccc(N(C)CCc3scnc3C)nc2)n1. The lowest BCUT2D eigenvalue weighted by Gasteiger charge is -2.17. The van der Waals surface area contributed by atoms with E-state index < -0.39 is 0 Å². The van der Waals surface area contributed by atoms with E-state index in [9.17, 15) is 0 Å². The van der Waals surface area contributed by atoms with Gasteiger partial charge in [-0.15, -0.1) is 11.3 Å². The lowest BCUT2D eigenvalue weighted by atomic mass is 10.2.